The number of benzene rings is 2. The minimum absolute atomic E-state index is 0.0597. The van der Waals surface area contributed by atoms with Gasteiger partial charge in [0.1, 0.15) is 6.10 Å². The molecule has 0 radical (unpaired) electrons. The van der Waals surface area contributed by atoms with Crippen LogP contribution in [-0.4, -0.2) is 54.8 Å². The molecule has 4 atom stereocenters. The zero-order valence-corrected chi connectivity index (χ0v) is 25.9. The van der Waals surface area contributed by atoms with E-state index in [1.807, 2.05) is 60.7 Å². The van der Waals surface area contributed by atoms with Crippen molar-refractivity contribution in [3.05, 3.63) is 97.1 Å². The summed E-state index contributed by atoms with van der Waals surface area (Å²) in [6, 6.07) is 18.4. The number of aliphatic hydroxyl groups is 1. The third kappa shape index (κ3) is 10.5. The van der Waals surface area contributed by atoms with E-state index in [1.165, 1.54) is 7.11 Å². The number of carbonyl (C=O) groups excluding carboxylic acids is 3. The van der Waals surface area contributed by atoms with Gasteiger partial charge in [-0.05, 0) is 49.7 Å². The van der Waals surface area contributed by atoms with Crippen molar-refractivity contribution in [2.45, 2.75) is 75.5 Å². The van der Waals surface area contributed by atoms with Gasteiger partial charge < -0.3 is 25.2 Å². The maximum Gasteiger partial charge on any atom is 0.309 e. The molecule has 2 amide bonds. The summed E-state index contributed by atoms with van der Waals surface area (Å²) in [5.74, 6) is -2.13. The molecule has 1 aliphatic carbocycles. The van der Waals surface area contributed by atoms with Gasteiger partial charge in [0.2, 0.25) is 11.8 Å². The molecule has 1 fully saturated rings. The molecular formula is C36H48N2O6. The van der Waals surface area contributed by atoms with Crippen molar-refractivity contribution in [1.82, 2.24) is 10.6 Å². The first-order chi connectivity index (χ1) is 21.3. The standard InChI is InChI=1S/C36H48N2O6/c1-4-6-18-30(23-27-16-9-7-10-17-27)35(42)44-33(28-19-11-8-12-20-28)31(25-43-3)37-34(41)29(15-5-2)24-32(40)38-36(26-39)21-13-14-22-36/h4-5,7-12,16-17,19-20,29-31,33,39H,1-2,6,13-15,18,21-26H2,3H3,(H,37,41)(H,38,40)/t29-,30-,31+,33+/m1/s1. The third-order valence-electron chi connectivity index (χ3n) is 8.31. The maximum absolute atomic E-state index is 13.7. The lowest BCUT2D eigenvalue weighted by atomic mass is 9.94. The lowest BCUT2D eigenvalue weighted by molar-refractivity contribution is -0.158. The van der Waals surface area contributed by atoms with Crippen molar-refractivity contribution in [2.75, 3.05) is 20.3 Å². The SMILES string of the molecule is C=CCC[C@H](Cc1ccccc1)C(=O)O[C@@H](c1ccccc1)[C@H](COC)NC(=O)[C@H](CC=C)CC(=O)NC1(CO)CCCC1. The largest absolute Gasteiger partial charge is 0.455 e. The van der Waals surface area contributed by atoms with Crippen molar-refractivity contribution in [3.63, 3.8) is 0 Å². The number of methoxy groups -OCH3 is 1. The van der Waals surface area contributed by atoms with Crippen LogP contribution in [0.5, 0.6) is 0 Å². The molecular weight excluding hydrogens is 556 g/mol. The molecule has 0 aromatic heterocycles. The predicted molar refractivity (Wildman–Crippen MR) is 171 cm³/mol. The maximum atomic E-state index is 13.7. The number of hydrogen-bond donors (Lipinski definition) is 3. The Labute approximate surface area is 261 Å². The van der Waals surface area contributed by atoms with Crippen LogP contribution in [0.4, 0.5) is 0 Å². The smallest absolute Gasteiger partial charge is 0.309 e. The number of amides is 2. The molecule has 0 heterocycles. The van der Waals surface area contributed by atoms with Crippen LogP contribution in [0.25, 0.3) is 0 Å². The molecule has 0 aliphatic heterocycles. The summed E-state index contributed by atoms with van der Waals surface area (Å²) < 4.78 is 11.7. The Bertz CT molecular complexity index is 1200. The molecule has 0 unspecified atom stereocenters. The summed E-state index contributed by atoms with van der Waals surface area (Å²) in [5, 5.41) is 15.9. The van der Waals surface area contributed by atoms with E-state index in [2.05, 4.69) is 23.8 Å². The normalized spacial score (nSPS) is 16.6. The Balaban J connectivity index is 1.81. The fourth-order valence-electron chi connectivity index (χ4n) is 5.88. The van der Waals surface area contributed by atoms with Crippen molar-refractivity contribution >= 4 is 17.8 Å². The number of allylic oxidation sites excluding steroid dienone is 2. The van der Waals surface area contributed by atoms with Crippen LogP contribution in [0.2, 0.25) is 0 Å². The molecule has 3 rings (SSSR count). The van der Waals surface area contributed by atoms with Crippen LogP contribution < -0.4 is 10.6 Å². The molecule has 44 heavy (non-hydrogen) atoms. The summed E-state index contributed by atoms with van der Waals surface area (Å²) in [4.78, 5) is 40.5. The number of nitrogens with one attached hydrogen (secondary N) is 2. The lowest BCUT2D eigenvalue weighted by Crippen LogP contribution is -2.51. The highest BCUT2D eigenvalue weighted by atomic mass is 16.5. The van der Waals surface area contributed by atoms with Gasteiger partial charge in [0, 0.05) is 13.5 Å². The van der Waals surface area contributed by atoms with Gasteiger partial charge >= 0.3 is 5.97 Å². The number of esters is 1. The molecule has 1 aliphatic rings. The van der Waals surface area contributed by atoms with E-state index in [0.29, 0.717) is 32.1 Å². The van der Waals surface area contributed by atoms with E-state index in [9.17, 15) is 19.5 Å². The second-order valence-corrected chi connectivity index (χ2v) is 11.7. The molecule has 0 saturated heterocycles. The van der Waals surface area contributed by atoms with Crippen molar-refractivity contribution in [3.8, 4) is 0 Å². The van der Waals surface area contributed by atoms with Crippen LogP contribution in [0.3, 0.4) is 0 Å². The van der Waals surface area contributed by atoms with Crippen LogP contribution >= 0.6 is 0 Å². The van der Waals surface area contributed by atoms with Crippen LogP contribution in [0.1, 0.15) is 68.6 Å². The number of rotatable bonds is 19. The van der Waals surface area contributed by atoms with Gasteiger partial charge in [0.05, 0.1) is 36.6 Å². The predicted octanol–water partition coefficient (Wildman–Crippen LogP) is 5.23. The second kappa shape index (κ2) is 18.1. The molecule has 1 saturated carbocycles. The molecule has 3 N–H and O–H groups in total. The summed E-state index contributed by atoms with van der Waals surface area (Å²) >= 11 is 0. The fourth-order valence-corrected chi connectivity index (χ4v) is 5.88. The number of carbonyl (C=O) groups is 3. The van der Waals surface area contributed by atoms with Gasteiger partial charge in [-0.2, -0.15) is 0 Å². The van der Waals surface area contributed by atoms with Crippen LogP contribution in [0.15, 0.2) is 86.0 Å². The Morgan fingerprint density at radius 1 is 0.977 bits per heavy atom. The van der Waals surface area contributed by atoms with E-state index in [-0.39, 0.29) is 43.8 Å². The van der Waals surface area contributed by atoms with Gasteiger partial charge in [-0.3, -0.25) is 14.4 Å². The van der Waals surface area contributed by atoms with E-state index >= 15 is 0 Å². The summed E-state index contributed by atoms with van der Waals surface area (Å²) in [6.45, 7) is 7.55. The van der Waals surface area contributed by atoms with Crippen molar-refractivity contribution < 1.29 is 29.0 Å². The summed E-state index contributed by atoms with van der Waals surface area (Å²) in [7, 11) is 1.52. The van der Waals surface area contributed by atoms with Crippen molar-refractivity contribution in [2.24, 2.45) is 11.8 Å². The first kappa shape index (κ1) is 34.7. The zero-order valence-electron chi connectivity index (χ0n) is 25.9. The van der Waals surface area contributed by atoms with Gasteiger partial charge in [0.25, 0.3) is 0 Å². The average Bonchev–Trinajstić information content (AvgIpc) is 3.51. The van der Waals surface area contributed by atoms with E-state index in [4.69, 9.17) is 9.47 Å². The number of ether oxygens (including phenoxy) is 2. The Morgan fingerprint density at radius 2 is 1.64 bits per heavy atom. The minimum Gasteiger partial charge on any atom is -0.455 e. The highest BCUT2D eigenvalue weighted by Crippen LogP contribution is 2.30. The van der Waals surface area contributed by atoms with Gasteiger partial charge in [-0.1, -0.05) is 85.7 Å². The van der Waals surface area contributed by atoms with Crippen LogP contribution in [-0.2, 0) is 30.3 Å². The minimum atomic E-state index is -0.830. The first-order valence-corrected chi connectivity index (χ1v) is 15.6. The van der Waals surface area contributed by atoms with Crippen LogP contribution in [0, 0.1) is 11.8 Å². The quantitative estimate of drug-likeness (QED) is 0.150. The lowest BCUT2D eigenvalue weighted by Gasteiger charge is -2.31. The molecule has 8 heteroatoms. The third-order valence-corrected chi connectivity index (χ3v) is 8.31. The Hall–Kier alpha value is -3.75. The highest BCUT2D eigenvalue weighted by molar-refractivity contribution is 5.86. The second-order valence-electron chi connectivity index (χ2n) is 11.7. The molecule has 238 valence electrons. The van der Waals surface area contributed by atoms with Gasteiger partial charge in [-0.15, -0.1) is 13.2 Å². The monoisotopic (exact) mass is 604 g/mol. The topological polar surface area (TPSA) is 114 Å². The Kier molecular flexibility index (Phi) is 14.3. The Morgan fingerprint density at radius 3 is 2.23 bits per heavy atom. The average molecular weight is 605 g/mol. The number of hydrogen-bond acceptors (Lipinski definition) is 6. The number of aliphatic hydroxyl groups excluding tert-OH is 1. The van der Waals surface area contributed by atoms with Gasteiger partial charge in [-0.25, -0.2) is 0 Å². The fraction of sp³-hybridized carbons (Fsp3) is 0.472. The molecule has 0 bridgehead atoms. The van der Waals surface area contributed by atoms with Gasteiger partial charge in [0.15, 0.2) is 0 Å². The van der Waals surface area contributed by atoms with E-state index in [0.717, 1.165) is 24.0 Å². The summed E-state index contributed by atoms with van der Waals surface area (Å²) in [6.07, 6.45) is 7.85. The highest BCUT2D eigenvalue weighted by Gasteiger charge is 2.37. The van der Waals surface area contributed by atoms with E-state index in [1.54, 1.807) is 12.2 Å². The van der Waals surface area contributed by atoms with E-state index < -0.39 is 29.5 Å². The zero-order chi connectivity index (χ0) is 31.8. The molecule has 8 nitrogen and oxygen atoms in total. The first-order valence-electron chi connectivity index (χ1n) is 15.6. The molecule has 2 aromatic rings. The summed E-state index contributed by atoms with van der Waals surface area (Å²) in [5.41, 5.74) is 1.12. The molecule has 0 spiro atoms. The van der Waals surface area contributed by atoms with Crippen molar-refractivity contribution in [1.29, 1.82) is 0 Å². The molecule has 2 aromatic carbocycles.